The predicted octanol–water partition coefficient (Wildman–Crippen LogP) is 4.75. The third-order valence-corrected chi connectivity index (χ3v) is 5.53. The smallest absolute Gasteiger partial charge is 0.341 e. The fourth-order valence-corrected chi connectivity index (χ4v) is 3.69. The Hall–Kier alpha value is -4.46. The average molecular weight is 486 g/mol. The molecule has 0 spiro atoms. The van der Waals surface area contributed by atoms with Crippen LogP contribution in [0.3, 0.4) is 0 Å². The van der Waals surface area contributed by atoms with Crippen molar-refractivity contribution in [2.75, 3.05) is 6.61 Å². The summed E-state index contributed by atoms with van der Waals surface area (Å²) >= 11 is 0. The second kappa shape index (κ2) is 10.9. The summed E-state index contributed by atoms with van der Waals surface area (Å²) in [5, 5.41) is 13.6. The normalized spacial score (nSPS) is 11.3. The van der Waals surface area contributed by atoms with E-state index in [1.54, 1.807) is 42.5 Å². The molecule has 0 aliphatic rings. The van der Waals surface area contributed by atoms with Crippen molar-refractivity contribution in [3.05, 3.63) is 99.6 Å². The van der Waals surface area contributed by atoms with Crippen LogP contribution in [0.1, 0.15) is 42.3 Å². The molecule has 0 saturated carbocycles. The molecule has 8 nitrogen and oxygen atoms in total. The van der Waals surface area contributed by atoms with E-state index in [0.29, 0.717) is 28.0 Å². The van der Waals surface area contributed by atoms with Crippen molar-refractivity contribution < 1.29 is 19.4 Å². The van der Waals surface area contributed by atoms with Crippen LogP contribution in [-0.2, 0) is 11.4 Å². The summed E-state index contributed by atoms with van der Waals surface area (Å²) in [6, 6.07) is 19.9. The van der Waals surface area contributed by atoms with Crippen LogP contribution in [0.5, 0.6) is 11.5 Å². The van der Waals surface area contributed by atoms with Crippen molar-refractivity contribution in [2.24, 2.45) is 5.10 Å². The van der Waals surface area contributed by atoms with Crippen molar-refractivity contribution >= 4 is 23.1 Å². The SMILES string of the molecule is Cc1ccc(C(C)C)c(OCc2nc3ccccc3c(=O)n2/N=C\c2ccc(OCC(=O)O)cc2)c1. The molecule has 0 unspecified atom stereocenters. The average Bonchev–Trinajstić information content (AvgIpc) is 2.86. The summed E-state index contributed by atoms with van der Waals surface area (Å²) in [6.07, 6.45) is 1.54. The molecule has 0 amide bonds. The molecule has 1 heterocycles. The van der Waals surface area contributed by atoms with Gasteiger partial charge in [-0.15, -0.1) is 0 Å². The molecule has 1 N–H and O–H groups in total. The van der Waals surface area contributed by atoms with Crippen molar-refractivity contribution in [1.29, 1.82) is 0 Å². The Labute approximate surface area is 208 Å². The lowest BCUT2D eigenvalue weighted by Gasteiger charge is -2.16. The van der Waals surface area contributed by atoms with Crippen molar-refractivity contribution in [3.63, 3.8) is 0 Å². The van der Waals surface area contributed by atoms with Crippen LogP contribution in [0, 0.1) is 6.92 Å². The first-order chi connectivity index (χ1) is 17.3. The third kappa shape index (κ3) is 5.78. The molecule has 3 aromatic carbocycles. The van der Waals surface area contributed by atoms with Crippen LogP contribution in [0.2, 0.25) is 0 Å². The Morgan fingerprint density at radius 2 is 1.83 bits per heavy atom. The van der Waals surface area contributed by atoms with Gasteiger partial charge in [-0.2, -0.15) is 9.78 Å². The van der Waals surface area contributed by atoms with E-state index in [1.165, 1.54) is 10.9 Å². The standard InChI is InChI=1S/C28H27N3O5/c1-18(2)22-13-8-19(3)14-25(22)36-16-26-30-24-7-5-4-6-23(24)28(34)31(26)29-15-20-9-11-21(12-10-20)35-17-27(32)33/h4-15,18H,16-17H2,1-3H3,(H,32,33)/b29-15-. The van der Waals surface area contributed by atoms with Crippen LogP contribution < -0.4 is 15.0 Å². The Morgan fingerprint density at radius 1 is 1.08 bits per heavy atom. The van der Waals surface area contributed by atoms with Gasteiger partial charge in [0.05, 0.1) is 17.1 Å². The summed E-state index contributed by atoms with van der Waals surface area (Å²) in [7, 11) is 0. The van der Waals surface area contributed by atoms with Crippen LogP contribution in [-0.4, -0.2) is 33.6 Å². The molecule has 0 bridgehead atoms. The Kier molecular flexibility index (Phi) is 7.44. The van der Waals surface area contributed by atoms with Gasteiger partial charge < -0.3 is 14.6 Å². The van der Waals surface area contributed by atoms with Gasteiger partial charge in [0.1, 0.15) is 18.1 Å². The number of ether oxygens (including phenoxy) is 2. The third-order valence-electron chi connectivity index (χ3n) is 5.53. The molecule has 0 saturated heterocycles. The highest BCUT2D eigenvalue weighted by atomic mass is 16.5. The number of carboxylic acids is 1. The highest BCUT2D eigenvalue weighted by molar-refractivity contribution is 5.80. The number of carbonyl (C=O) groups is 1. The molecular weight excluding hydrogens is 458 g/mol. The van der Waals surface area contributed by atoms with E-state index in [2.05, 4.69) is 36.1 Å². The zero-order valence-corrected chi connectivity index (χ0v) is 20.3. The monoisotopic (exact) mass is 485 g/mol. The maximum atomic E-state index is 13.3. The number of aryl methyl sites for hydroxylation is 1. The molecule has 4 rings (SSSR count). The van der Waals surface area contributed by atoms with Gasteiger partial charge >= 0.3 is 5.97 Å². The molecule has 1 aromatic heterocycles. The summed E-state index contributed by atoms with van der Waals surface area (Å²) in [6.45, 7) is 5.84. The zero-order chi connectivity index (χ0) is 25.7. The minimum Gasteiger partial charge on any atom is -0.485 e. The molecule has 0 atom stereocenters. The highest BCUT2D eigenvalue weighted by Crippen LogP contribution is 2.28. The first kappa shape index (κ1) is 24.7. The van der Waals surface area contributed by atoms with Gasteiger partial charge in [-0.25, -0.2) is 9.78 Å². The maximum absolute atomic E-state index is 13.3. The van der Waals surface area contributed by atoms with E-state index in [1.807, 2.05) is 19.1 Å². The van der Waals surface area contributed by atoms with Gasteiger partial charge in [-0.05, 0) is 72.0 Å². The number of benzene rings is 3. The first-order valence-corrected chi connectivity index (χ1v) is 11.5. The number of aromatic nitrogens is 2. The van der Waals surface area contributed by atoms with Crippen LogP contribution in [0.4, 0.5) is 0 Å². The Bertz CT molecular complexity index is 1470. The molecule has 0 aliphatic heterocycles. The molecular formula is C28H27N3O5. The number of carboxylic acid groups (broad SMARTS) is 1. The molecule has 0 aliphatic carbocycles. The number of hydrogen-bond donors (Lipinski definition) is 1. The quantitative estimate of drug-likeness (QED) is 0.343. The van der Waals surface area contributed by atoms with Crippen LogP contribution in [0.25, 0.3) is 10.9 Å². The topological polar surface area (TPSA) is 103 Å². The van der Waals surface area contributed by atoms with Crippen molar-refractivity contribution in [1.82, 2.24) is 9.66 Å². The largest absolute Gasteiger partial charge is 0.485 e. The Balaban J connectivity index is 1.66. The van der Waals surface area contributed by atoms with Gasteiger partial charge in [0.25, 0.3) is 5.56 Å². The summed E-state index contributed by atoms with van der Waals surface area (Å²) in [4.78, 5) is 28.6. The number of nitrogens with zero attached hydrogens (tertiary/aromatic N) is 3. The fourth-order valence-electron chi connectivity index (χ4n) is 3.69. The molecule has 4 aromatic rings. The molecule has 184 valence electrons. The van der Waals surface area contributed by atoms with E-state index in [0.717, 1.165) is 16.9 Å². The number of aliphatic carboxylic acids is 1. The Morgan fingerprint density at radius 3 is 2.56 bits per heavy atom. The highest BCUT2D eigenvalue weighted by Gasteiger charge is 2.14. The summed E-state index contributed by atoms with van der Waals surface area (Å²) in [5.74, 6) is 0.761. The zero-order valence-electron chi connectivity index (χ0n) is 20.3. The predicted molar refractivity (Wildman–Crippen MR) is 138 cm³/mol. The lowest BCUT2D eigenvalue weighted by molar-refractivity contribution is -0.139. The van der Waals surface area contributed by atoms with Crippen molar-refractivity contribution in [2.45, 2.75) is 33.3 Å². The summed E-state index contributed by atoms with van der Waals surface area (Å²) < 4.78 is 12.6. The van der Waals surface area contributed by atoms with Crippen LogP contribution in [0.15, 0.2) is 76.6 Å². The minimum absolute atomic E-state index is 0.0581. The minimum atomic E-state index is -1.05. The van der Waals surface area contributed by atoms with Crippen molar-refractivity contribution in [3.8, 4) is 11.5 Å². The van der Waals surface area contributed by atoms with E-state index in [-0.39, 0.29) is 18.1 Å². The van der Waals surface area contributed by atoms with Gasteiger partial charge in [-0.3, -0.25) is 4.79 Å². The first-order valence-electron chi connectivity index (χ1n) is 11.5. The lowest BCUT2D eigenvalue weighted by atomic mass is 10.0. The molecule has 36 heavy (non-hydrogen) atoms. The number of fused-ring (bicyclic) bond motifs is 1. The summed E-state index contributed by atoms with van der Waals surface area (Å²) in [5.41, 5.74) is 3.12. The van der Waals surface area contributed by atoms with E-state index >= 15 is 0 Å². The molecule has 0 fully saturated rings. The number of rotatable bonds is 9. The molecule has 0 radical (unpaired) electrons. The maximum Gasteiger partial charge on any atom is 0.341 e. The second-order valence-electron chi connectivity index (χ2n) is 8.64. The van der Waals surface area contributed by atoms with Gasteiger partial charge in [-0.1, -0.05) is 38.1 Å². The fraction of sp³-hybridized carbons (Fsp3) is 0.214. The second-order valence-corrected chi connectivity index (χ2v) is 8.64. The lowest BCUT2D eigenvalue weighted by Crippen LogP contribution is -2.23. The number of hydrogen-bond acceptors (Lipinski definition) is 6. The van der Waals surface area contributed by atoms with Crippen LogP contribution >= 0.6 is 0 Å². The van der Waals surface area contributed by atoms with Gasteiger partial charge in [0.15, 0.2) is 12.4 Å². The van der Waals surface area contributed by atoms with E-state index in [4.69, 9.17) is 14.6 Å². The van der Waals surface area contributed by atoms with E-state index < -0.39 is 12.6 Å². The molecule has 8 heteroatoms. The number of para-hydroxylation sites is 1. The van der Waals surface area contributed by atoms with E-state index in [9.17, 15) is 9.59 Å². The van der Waals surface area contributed by atoms with Gasteiger partial charge in [0, 0.05) is 0 Å². The van der Waals surface area contributed by atoms with Gasteiger partial charge in [0.2, 0.25) is 0 Å².